The van der Waals surface area contributed by atoms with E-state index >= 15 is 0 Å². The molecule has 0 spiro atoms. The molecule has 0 aliphatic heterocycles. The minimum atomic E-state index is -0.0658. The molecule has 1 N–H and O–H groups in total. The molecule has 0 fully saturated rings. The van der Waals surface area contributed by atoms with Gasteiger partial charge in [-0.1, -0.05) is 71.4 Å². The van der Waals surface area contributed by atoms with Crippen LogP contribution in [0.2, 0.25) is 0 Å². The maximum absolute atomic E-state index is 12.8. The Morgan fingerprint density at radius 2 is 1.73 bits per heavy atom. The van der Waals surface area contributed by atoms with E-state index in [0.29, 0.717) is 18.0 Å². The first kappa shape index (κ1) is 21.7. The van der Waals surface area contributed by atoms with Gasteiger partial charge in [0, 0.05) is 28.0 Å². The molecule has 33 heavy (non-hydrogen) atoms. The van der Waals surface area contributed by atoms with Gasteiger partial charge in [-0.15, -0.1) is 0 Å². The van der Waals surface area contributed by atoms with E-state index in [2.05, 4.69) is 81.3 Å². The summed E-state index contributed by atoms with van der Waals surface area (Å²) in [5.41, 5.74) is 8.12. The van der Waals surface area contributed by atoms with Gasteiger partial charge in [0.15, 0.2) is 0 Å². The highest BCUT2D eigenvalue weighted by Crippen LogP contribution is 2.35. The van der Waals surface area contributed by atoms with Gasteiger partial charge in [-0.2, -0.15) is 0 Å². The Morgan fingerprint density at radius 1 is 1.00 bits per heavy atom. The fraction of sp³-hybridized carbons (Fsp3) is 0.207. The molecular weight excluding hydrogens is 472 g/mol. The Hall–Kier alpha value is -3.11. The molecule has 3 nitrogen and oxygen atoms in total. The quantitative estimate of drug-likeness (QED) is 0.317. The van der Waals surface area contributed by atoms with Gasteiger partial charge >= 0.3 is 0 Å². The maximum atomic E-state index is 12.8. The van der Waals surface area contributed by atoms with Crippen LogP contribution in [0.25, 0.3) is 16.9 Å². The second-order valence-electron chi connectivity index (χ2n) is 8.87. The van der Waals surface area contributed by atoms with Crippen molar-refractivity contribution in [2.24, 2.45) is 5.92 Å². The lowest BCUT2D eigenvalue weighted by Gasteiger charge is -2.21. The summed E-state index contributed by atoms with van der Waals surface area (Å²) in [5.74, 6) is 0.650. The Bertz CT molecular complexity index is 1270. The number of rotatable bonds is 5. The number of hydrogen-bond donors (Lipinski definition) is 1. The van der Waals surface area contributed by atoms with Crippen molar-refractivity contribution >= 4 is 21.8 Å². The molecule has 4 heteroatoms. The highest BCUT2D eigenvalue weighted by molar-refractivity contribution is 9.10. The zero-order chi connectivity index (χ0) is 22.8. The van der Waals surface area contributed by atoms with Crippen LogP contribution in [0, 0.1) is 5.92 Å². The third kappa shape index (κ3) is 4.53. The average molecular weight is 499 g/mol. The van der Waals surface area contributed by atoms with Gasteiger partial charge in [-0.25, -0.2) is 0 Å². The Balaban J connectivity index is 1.43. The number of carbonyl (C=O) groups excluding carboxylic acids is 1. The Kier molecular flexibility index (Phi) is 6.19. The lowest BCUT2D eigenvalue weighted by atomic mass is 9.89. The van der Waals surface area contributed by atoms with Gasteiger partial charge in [-0.05, 0) is 78.3 Å². The van der Waals surface area contributed by atoms with Crippen LogP contribution in [0.5, 0.6) is 0 Å². The van der Waals surface area contributed by atoms with Gasteiger partial charge in [0.05, 0.1) is 5.69 Å². The van der Waals surface area contributed by atoms with Crippen molar-refractivity contribution in [3.63, 3.8) is 0 Å². The lowest BCUT2D eigenvalue weighted by molar-refractivity contribution is 0.0951. The summed E-state index contributed by atoms with van der Waals surface area (Å²) in [6.07, 6.45) is 3.41. The molecule has 5 rings (SSSR count). The van der Waals surface area contributed by atoms with Gasteiger partial charge in [0.2, 0.25) is 0 Å². The number of halogens is 1. The molecule has 0 saturated heterocycles. The van der Waals surface area contributed by atoms with Crippen LogP contribution in [-0.4, -0.2) is 10.5 Å². The number of fused-ring (bicyclic) bond motifs is 1. The predicted octanol–water partition coefficient (Wildman–Crippen LogP) is 6.96. The van der Waals surface area contributed by atoms with Crippen molar-refractivity contribution < 1.29 is 4.79 Å². The summed E-state index contributed by atoms with van der Waals surface area (Å²) in [4.78, 5) is 12.8. The molecule has 1 heterocycles. The summed E-state index contributed by atoms with van der Waals surface area (Å²) in [6.45, 7) is 2.83. The topological polar surface area (TPSA) is 34.0 Å². The summed E-state index contributed by atoms with van der Waals surface area (Å²) in [7, 11) is 0. The standard InChI is InChI=1S/C29H27BrN2O/c1-20-11-16-27-24(17-20)18-28(21-7-3-2-4-8-21)32(27)25-14-12-22(13-15-25)29(33)31-19-23-9-5-6-10-26(23)30/h2-10,12-15,18,20H,11,16-17,19H2,1H3,(H,31,33). The van der Waals surface area contributed by atoms with Crippen molar-refractivity contribution in [2.45, 2.75) is 32.7 Å². The molecule has 4 aromatic rings. The van der Waals surface area contributed by atoms with Gasteiger partial charge in [0.1, 0.15) is 0 Å². The second-order valence-corrected chi connectivity index (χ2v) is 9.73. The zero-order valence-electron chi connectivity index (χ0n) is 18.7. The maximum Gasteiger partial charge on any atom is 0.251 e. The van der Waals surface area contributed by atoms with E-state index in [1.807, 2.05) is 36.4 Å². The Morgan fingerprint density at radius 3 is 2.48 bits per heavy atom. The first-order valence-corrected chi connectivity index (χ1v) is 12.3. The van der Waals surface area contributed by atoms with E-state index in [9.17, 15) is 4.79 Å². The summed E-state index contributed by atoms with van der Waals surface area (Å²) in [5, 5.41) is 3.03. The van der Waals surface area contributed by atoms with Gasteiger partial charge in [0.25, 0.3) is 5.91 Å². The second kappa shape index (κ2) is 9.40. The molecule has 3 aromatic carbocycles. The first-order chi connectivity index (χ1) is 16.1. The van der Waals surface area contributed by atoms with E-state index in [4.69, 9.17) is 0 Å². The van der Waals surface area contributed by atoms with Gasteiger partial charge in [-0.3, -0.25) is 4.79 Å². The van der Waals surface area contributed by atoms with E-state index in [0.717, 1.165) is 28.6 Å². The van der Waals surface area contributed by atoms with E-state index in [-0.39, 0.29) is 5.91 Å². The van der Waals surface area contributed by atoms with Crippen LogP contribution in [0.15, 0.2) is 89.4 Å². The van der Waals surface area contributed by atoms with Crippen molar-refractivity contribution in [1.29, 1.82) is 0 Å². The molecule has 0 bridgehead atoms. The monoisotopic (exact) mass is 498 g/mol. The van der Waals surface area contributed by atoms with Crippen LogP contribution >= 0.6 is 15.9 Å². The highest BCUT2D eigenvalue weighted by atomic mass is 79.9. The molecular formula is C29H27BrN2O. The summed E-state index contributed by atoms with van der Waals surface area (Å²) in [6, 6.07) is 28.9. The Labute approximate surface area is 203 Å². The number of amides is 1. The van der Waals surface area contributed by atoms with Crippen molar-refractivity contribution in [1.82, 2.24) is 9.88 Å². The number of benzene rings is 3. The van der Waals surface area contributed by atoms with E-state index < -0.39 is 0 Å². The smallest absolute Gasteiger partial charge is 0.251 e. The third-order valence-electron chi connectivity index (χ3n) is 6.49. The number of aromatic nitrogens is 1. The van der Waals surface area contributed by atoms with Crippen molar-refractivity contribution in [2.75, 3.05) is 0 Å². The predicted molar refractivity (Wildman–Crippen MR) is 138 cm³/mol. The number of hydrogen-bond acceptors (Lipinski definition) is 1. The van der Waals surface area contributed by atoms with Crippen molar-refractivity contribution in [3.8, 4) is 16.9 Å². The first-order valence-electron chi connectivity index (χ1n) is 11.5. The van der Waals surface area contributed by atoms with Crippen LogP contribution in [0.4, 0.5) is 0 Å². The number of carbonyl (C=O) groups is 1. The largest absolute Gasteiger partial charge is 0.348 e. The lowest BCUT2D eigenvalue weighted by Crippen LogP contribution is -2.23. The minimum Gasteiger partial charge on any atom is -0.348 e. The van der Waals surface area contributed by atoms with Crippen LogP contribution in [-0.2, 0) is 19.4 Å². The third-order valence-corrected chi connectivity index (χ3v) is 7.26. The fourth-order valence-electron chi connectivity index (χ4n) is 4.71. The average Bonchev–Trinajstić information content (AvgIpc) is 3.22. The fourth-order valence-corrected chi connectivity index (χ4v) is 5.13. The van der Waals surface area contributed by atoms with Crippen LogP contribution < -0.4 is 5.32 Å². The summed E-state index contributed by atoms with van der Waals surface area (Å²) >= 11 is 3.54. The minimum absolute atomic E-state index is 0.0658. The molecule has 1 aliphatic carbocycles. The molecule has 0 saturated carbocycles. The van der Waals surface area contributed by atoms with E-state index in [1.54, 1.807) is 0 Å². The normalized spacial score (nSPS) is 15.2. The molecule has 1 aromatic heterocycles. The van der Waals surface area contributed by atoms with E-state index in [1.165, 1.54) is 28.9 Å². The van der Waals surface area contributed by atoms with Crippen LogP contribution in [0.1, 0.15) is 40.5 Å². The SMILES string of the molecule is CC1CCc2c(cc(-c3ccccc3)n2-c2ccc(C(=O)NCc3ccccc3Br)cc2)C1. The molecule has 0 radical (unpaired) electrons. The summed E-state index contributed by atoms with van der Waals surface area (Å²) < 4.78 is 3.39. The zero-order valence-corrected chi connectivity index (χ0v) is 20.3. The van der Waals surface area contributed by atoms with Gasteiger partial charge < -0.3 is 9.88 Å². The number of nitrogens with zero attached hydrogens (tertiary/aromatic N) is 1. The molecule has 166 valence electrons. The molecule has 1 unspecified atom stereocenters. The highest BCUT2D eigenvalue weighted by Gasteiger charge is 2.23. The molecule has 1 amide bonds. The van der Waals surface area contributed by atoms with Crippen molar-refractivity contribution in [3.05, 3.63) is 112 Å². The molecule has 1 aliphatic rings. The van der Waals surface area contributed by atoms with Crippen LogP contribution in [0.3, 0.4) is 0 Å². The molecule has 1 atom stereocenters. The number of nitrogens with one attached hydrogen (secondary N) is 1.